The van der Waals surface area contributed by atoms with Crippen LogP contribution >= 0.6 is 0 Å². The summed E-state index contributed by atoms with van der Waals surface area (Å²) in [6.45, 7) is -1.13. The summed E-state index contributed by atoms with van der Waals surface area (Å²) in [7, 11) is 1.48. The lowest BCUT2D eigenvalue weighted by atomic mass is 9.94. The molecule has 1 aromatic rings. The summed E-state index contributed by atoms with van der Waals surface area (Å²) in [6.07, 6.45) is 1.68. The second-order valence-corrected chi connectivity index (χ2v) is 6.53. The van der Waals surface area contributed by atoms with E-state index in [-0.39, 0.29) is 42.2 Å². The van der Waals surface area contributed by atoms with Gasteiger partial charge in [-0.15, -0.1) is 0 Å². The molecule has 1 aliphatic heterocycles. The number of amides is 2. The first-order valence-electron chi connectivity index (χ1n) is 8.94. The van der Waals surface area contributed by atoms with Crippen LogP contribution in [0.25, 0.3) is 0 Å². The molecule has 9 heteroatoms. The van der Waals surface area contributed by atoms with Gasteiger partial charge in [-0.3, -0.25) is 4.90 Å². The molecule has 152 valence electrons. The van der Waals surface area contributed by atoms with Crippen molar-refractivity contribution in [2.75, 3.05) is 20.3 Å². The van der Waals surface area contributed by atoms with Crippen molar-refractivity contribution >= 4 is 12.0 Å². The number of hydrogen-bond donors (Lipinski definition) is 1. The van der Waals surface area contributed by atoms with E-state index in [9.17, 15) is 18.4 Å². The normalized spacial score (nSPS) is 19.7. The summed E-state index contributed by atoms with van der Waals surface area (Å²) in [5, 5.41) is 2.74. The maximum atomic E-state index is 12.8. The fourth-order valence-electron chi connectivity index (χ4n) is 3.25. The molecule has 1 atom stereocenters. The van der Waals surface area contributed by atoms with Gasteiger partial charge in [-0.25, -0.2) is 9.59 Å². The molecule has 28 heavy (non-hydrogen) atoms. The van der Waals surface area contributed by atoms with Crippen molar-refractivity contribution in [3.63, 3.8) is 0 Å². The molecule has 0 saturated heterocycles. The molecule has 7 nitrogen and oxygen atoms in total. The molecule has 0 aromatic heterocycles. The first-order chi connectivity index (χ1) is 13.4. The Morgan fingerprint density at radius 3 is 2.64 bits per heavy atom. The summed E-state index contributed by atoms with van der Waals surface area (Å²) in [5.41, 5.74) is 0.892. The summed E-state index contributed by atoms with van der Waals surface area (Å²) < 4.78 is 40.4. The SMILES string of the molecule is COCCOC(=O)C1=C(C)N(C2CC2)C(=O)N[C@H]1c1ccccc1OC(F)F. The summed E-state index contributed by atoms with van der Waals surface area (Å²) in [6, 6.07) is 4.73. The maximum Gasteiger partial charge on any atom is 0.387 e. The van der Waals surface area contributed by atoms with Crippen molar-refractivity contribution in [3.05, 3.63) is 41.1 Å². The fraction of sp³-hybridized carbons (Fsp3) is 0.474. The van der Waals surface area contributed by atoms with E-state index < -0.39 is 18.6 Å². The molecule has 1 heterocycles. The fourth-order valence-corrected chi connectivity index (χ4v) is 3.25. The highest BCUT2D eigenvalue weighted by atomic mass is 19.3. The summed E-state index contributed by atoms with van der Waals surface area (Å²) >= 11 is 0. The van der Waals surface area contributed by atoms with Crippen LogP contribution in [0.15, 0.2) is 35.5 Å². The minimum absolute atomic E-state index is 0.0234. The van der Waals surface area contributed by atoms with Crippen molar-refractivity contribution in [2.45, 2.75) is 38.5 Å². The average molecular weight is 396 g/mol. The number of esters is 1. The highest BCUT2D eigenvalue weighted by molar-refractivity contribution is 5.95. The van der Waals surface area contributed by atoms with E-state index in [4.69, 9.17) is 9.47 Å². The first-order valence-corrected chi connectivity index (χ1v) is 8.94. The number of hydrogen-bond acceptors (Lipinski definition) is 5. The number of rotatable bonds is 8. The van der Waals surface area contributed by atoms with Gasteiger partial charge in [0.1, 0.15) is 12.4 Å². The average Bonchev–Trinajstić information content (AvgIpc) is 3.46. The Hall–Kier alpha value is -2.68. The van der Waals surface area contributed by atoms with Crippen molar-refractivity contribution < 1.29 is 32.6 Å². The van der Waals surface area contributed by atoms with Crippen molar-refractivity contribution in [1.29, 1.82) is 0 Å². The smallest absolute Gasteiger partial charge is 0.387 e. The number of carbonyl (C=O) groups is 2. The van der Waals surface area contributed by atoms with Crippen LogP contribution in [0.1, 0.15) is 31.4 Å². The van der Waals surface area contributed by atoms with E-state index in [1.165, 1.54) is 30.2 Å². The Balaban J connectivity index is 2.01. The van der Waals surface area contributed by atoms with Gasteiger partial charge in [-0.1, -0.05) is 18.2 Å². The van der Waals surface area contributed by atoms with Crippen LogP contribution in [-0.4, -0.2) is 49.9 Å². The molecule has 0 bridgehead atoms. The van der Waals surface area contributed by atoms with Crippen LogP contribution in [0.2, 0.25) is 0 Å². The van der Waals surface area contributed by atoms with Gasteiger partial charge in [0.25, 0.3) is 0 Å². The Kier molecular flexibility index (Phi) is 6.13. The zero-order chi connectivity index (χ0) is 20.3. The Labute approximate surface area is 161 Å². The molecule has 1 fully saturated rings. The lowest BCUT2D eigenvalue weighted by Crippen LogP contribution is -2.49. The topological polar surface area (TPSA) is 77.1 Å². The van der Waals surface area contributed by atoms with E-state index in [2.05, 4.69) is 10.1 Å². The number of ether oxygens (including phenoxy) is 3. The molecule has 1 saturated carbocycles. The predicted molar refractivity (Wildman–Crippen MR) is 94.7 cm³/mol. The van der Waals surface area contributed by atoms with Crippen molar-refractivity contribution in [3.8, 4) is 5.75 Å². The third-order valence-electron chi connectivity index (χ3n) is 4.63. The zero-order valence-corrected chi connectivity index (χ0v) is 15.6. The molecule has 0 radical (unpaired) electrons. The monoisotopic (exact) mass is 396 g/mol. The zero-order valence-electron chi connectivity index (χ0n) is 15.6. The van der Waals surface area contributed by atoms with Gasteiger partial charge >= 0.3 is 18.6 Å². The van der Waals surface area contributed by atoms with Gasteiger partial charge in [0.05, 0.1) is 18.2 Å². The van der Waals surface area contributed by atoms with Crippen LogP contribution in [0.4, 0.5) is 13.6 Å². The van der Waals surface area contributed by atoms with Gasteiger partial charge in [0, 0.05) is 24.4 Å². The molecule has 0 spiro atoms. The van der Waals surface area contributed by atoms with Crippen LogP contribution < -0.4 is 10.1 Å². The standard InChI is InChI=1S/C19H22F2N2O5/c1-11-15(17(24)27-10-9-26-2)16(22-19(25)23(11)12-7-8-12)13-5-3-4-6-14(13)28-18(20)21/h3-6,12,16,18H,7-10H2,1-2H3,(H,22,25)/t16-/m0/s1. The highest BCUT2D eigenvalue weighted by Crippen LogP contribution is 2.40. The van der Waals surface area contributed by atoms with E-state index in [0.717, 1.165) is 12.8 Å². The molecular weight excluding hydrogens is 374 g/mol. The molecule has 2 aliphatic rings. The van der Waals surface area contributed by atoms with E-state index in [0.29, 0.717) is 5.70 Å². The molecule has 0 unspecified atom stereocenters. The second-order valence-electron chi connectivity index (χ2n) is 6.53. The third kappa shape index (κ3) is 4.24. The van der Waals surface area contributed by atoms with E-state index in [1.54, 1.807) is 13.0 Å². The largest absolute Gasteiger partial charge is 0.460 e. The third-order valence-corrected chi connectivity index (χ3v) is 4.63. The second kappa shape index (κ2) is 8.55. The summed E-state index contributed by atoms with van der Waals surface area (Å²) in [4.78, 5) is 27.0. The predicted octanol–water partition coefficient (Wildman–Crippen LogP) is 2.98. The van der Waals surface area contributed by atoms with E-state index in [1.807, 2.05) is 0 Å². The number of benzene rings is 1. The molecular formula is C19H22F2N2O5. The first kappa shape index (κ1) is 20.1. The Bertz CT molecular complexity index is 779. The maximum absolute atomic E-state index is 12.8. The molecule has 2 amide bonds. The van der Waals surface area contributed by atoms with Crippen LogP contribution in [0, 0.1) is 0 Å². The number of carbonyl (C=O) groups excluding carboxylic acids is 2. The lowest BCUT2D eigenvalue weighted by molar-refractivity contribution is -0.140. The summed E-state index contributed by atoms with van der Waals surface area (Å²) in [5.74, 6) is -0.755. The van der Waals surface area contributed by atoms with Crippen molar-refractivity contribution in [1.82, 2.24) is 10.2 Å². The number of alkyl halides is 2. The van der Waals surface area contributed by atoms with Gasteiger partial charge in [-0.2, -0.15) is 8.78 Å². The van der Waals surface area contributed by atoms with Gasteiger partial charge in [0.15, 0.2) is 0 Å². The number of methoxy groups -OCH3 is 1. The lowest BCUT2D eigenvalue weighted by Gasteiger charge is -2.36. The number of nitrogens with one attached hydrogen (secondary N) is 1. The molecule has 1 aromatic carbocycles. The van der Waals surface area contributed by atoms with Crippen LogP contribution in [0.5, 0.6) is 5.75 Å². The van der Waals surface area contributed by atoms with Gasteiger partial charge < -0.3 is 19.5 Å². The number of halogens is 2. The van der Waals surface area contributed by atoms with Crippen molar-refractivity contribution in [2.24, 2.45) is 0 Å². The Morgan fingerprint density at radius 2 is 2.00 bits per heavy atom. The highest BCUT2D eigenvalue weighted by Gasteiger charge is 2.43. The number of urea groups is 1. The number of para-hydroxylation sites is 1. The molecule has 1 N–H and O–H groups in total. The van der Waals surface area contributed by atoms with Gasteiger partial charge in [-0.05, 0) is 25.8 Å². The van der Waals surface area contributed by atoms with Crippen LogP contribution in [0.3, 0.4) is 0 Å². The van der Waals surface area contributed by atoms with Crippen LogP contribution in [-0.2, 0) is 14.3 Å². The van der Waals surface area contributed by atoms with Gasteiger partial charge in [0.2, 0.25) is 0 Å². The minimum Gasteiger partial charge on any atom is -0.460 e. The molecule has 3 rings (SSSR count). The number of nitrogens with zero attached hydrogens (tertiary/aromatic N) is 1. The molecule has 1 aliphatic carbocycles. The Morgan fingerprint density at radius 1 is 1.29 bits per heavy atom. The van der Waals surface area contributed by atoms with E-state index >= 15 is 0 Å². The number of allylic oxidation sites excluding steroid dienone is 1. The minimum atomic E-state index is -3.04. The quantitative estimate of drug-likeness (QED) is 0.540.